The molecule has 5 heteroatoms. The van der Waals surface area contributed by atoms with Crippen molar-refractivity contribution in [2.24, 2.45) is 34.5 Å². The normalized spacial score (nSPS) is 40.3. The molecule has 7 rings (SSSR count). The predicted molar refractivity (Wildman–Crippen MR) is 174 cm³/mol. The van der Waals surface area contributed by atoms with Crippen molar-refractivity contribution >= 4 is 24.5 Å². The molecule has 1 aliphatic heterocycles. The van der Waals surface area contributed by atoms with Gasteiger partial charge in [0.2, 0.25) is 0 Å². The molecule has 0 N–H and O–H groups in total. The van der Waals surface area contributed by atoms with Crippen molar-refractivity contribution in [2.75, 3.05) is 0 Å². The summed E-state index contributed by atoms with van der Waals surface area (Å²) in [4.78, 5) is 13.2. The Morgan fingerprint density at radius 2 is 1.37 bits per heavy atom. The molecule has 4 saturated carbocycles. The minimum atomic E-state index is -2.66. The predicted octanol–water partition coefficient (Wildman–Crippen LogP) is 7.28. The van der Waals surface area contributed by atoms with Crippen molar-refractivity contribution in [2.45, 2.75) is 123 Å². The Morgan fingerprint density at radius 1 is 0.767 bits per heavy atom. The lowest BCUT2D eigenvalue weighted by Gasteiger charge is -2.63. The van der Waals surface area contributed by atoms with Crippen LogP contribution in [0.25, 0.3) is 0 Å². The van der Waals surface area contributed by atoms with Crippen molar-refractivity contribution < 1.29 is 18.7 Å². The minimum Gasteiger partial charge on any atom is -0.404 e. The molecule has 4 aliphatic carbocycles. The molecule has 0 spiro atoms. The molecule has 9 atom stereocenters. The first kappa shape index (κ1) is 29.9. The van der Waals surface area contributed by atoms with Crippen LogP contribution >= 0.6 is 0 Å². The van der Waals surface area contributed by atoms with Crippen LogP contribution in [0, 0.1) is 34.5 Å². The van der Waals surface area contributed by atoms with Gasteiger partial charge >= 0.3 is 0 Å². The van der Waals surface area contributed by atoms with E-state index in [0.717, 1.165) is 44.9 Å². The molecule has 5 fully saturated rings. The van der Waals surface area contributed by atoms with Crippen LogP contribution in [0.1, 0.15) is 93.4 Å². The fourth-order valence-electron chi connectivity index (χ4n) is 11.0. The number of ether oxygens (including phenoxy) is 2. The van der Waals surface area contributed by atoms with Gasteiger partial charge in [-0.05, 0) is 96.9 Å². The molecule has 1 unspecified atom stereocenters. The van der Waals surface area contributed by atoms with Crippen LogP contribution in [-0.4, -0.2) is 38.2 Å². The van der Waals surface area contributed by atoms with E-state index in [2.05, 4.69) is 109 Å². The summed E-state index contributed by atoms with van der Waals surface area (Å²) in [7, 11) is -2.66. The van der Waals surface area contributed by atoms with E-state index in [9.17, 15) is 4.79 Å². The average Bonchev–Trinajstić information content (AvgIpc) is 3.46. The first-order valence-corrected chi connectivity index (χ1v) is 18.9. The number of hydrogen-bond donors (Lipinski definition) is 0. The second-order valence-corrected chi connectivity index (χ2v) is 20.8. The quantitative estimate of drug-likeness (QED) is 0.346. The summed E-state index contributed by atoms with van der Waals surface area (Å²) in [6.07, 6.45) is 7.40. The van der Waals surface area contributed by atoms with Crippen LogP contribution in [0.5, 0.6) is 0 Å². The smallest absolute Gasteiger partial charge is 0.261 e. The van der Waals surface area contributed by atoms with Crippen molar-refractivity contribution in [3.63, 3.8) is 0 Å². The second kappa shape index (κ2) is 10.1. The van der Waals surface area contributed by atoms with Gasteiger partial charge in [-0.2, -0.15) is 0 Å². The molecule has 1 heterocycles. The molecule has 0 amide bonds. The first-order valence-electron chi connectivity index (χ1n) is 17.0. The maximum absolute atomic E-state index is 13.2. The van der Waals surface area contributed by atoms with Gasteiger partial charge in [-0.25, -0.2) is 0 Å². The maximum atomic E-state index is 13.2. The van der Waals surface area contributed by atoms with Crippen LogP contribution in [-0.2, 0) is 18.7 Å². The Hall–Kier alpha value is -1.79. The van der Waals surface area contributed by atoms with Gasteiger partial charge in [0.05, 0.1) is 12.2 Å². The van der Waals surface area contributed by atoms with E-state index >= 15 is 0 Å². The Bertz CT molecular complexity index is 1310. The highest BCUT2D eigenvalue weighted by Crippen LogP contribution is 2.68. The summed E-state index contributed by atoms with van der Waals surface area (Å²) in [5, 5.41) is 2.65. The zero-order valence-electron chi connectivity index (χ0n) is 27.4. The SMILES string of the molecule is CC1(C)O[C@H]2[C@H](O1)C1[C@H](CC[C@]3(C)C(=O)CC[C@@H]13)[C@@]1(C)CC[C@H](O[Si](c3ccccc3)(c3ccccc3)C(C)(C)C)C[C@H]21. The summed E-state index contributed by atoms with van der Waals surface area (Å²) >= 11 is 0. The molecule has 0 radical (unpaired) electrons. The van der Waals surface area contributed by atoms with Crippen LogP contribution in [0.15, 0.2) is 60.7 Å². The number of hydrogen-bond acceptors (Lipinski definition) is 4. The van der Waals surface area contributed by atoms with Gasteiger partial charge in [0.25, 0.3) is 8.32 Å². The lowest BCUT2D eigenvalue weighted by atomic mass is 9.44. The average molecular weight is 601 g/mol. The number of benzene rings is 2. The van der Waals surface area contributed by atoms with E-state index in [4.69, 9.17) is 13.9 Å². The van der Waals surface area contributed by atoms with Gasteiger partial charge < -0.3 is 13.9 Å². The van der Waals surface area contributed by atoms with Crippen LogP contribution in [0.4, 0.5) is 0 Å². The highest BCUT2D eigenvalue weighted by molar-refractivity contribution is 6.99. The topological polar surface area (TPSA) is 44.8 Å². The lowest BCUT2D eigenvalue weighted by Crippen LogP contribution is -2.69. The fraction of sp³-hybridized carbons (Fsp3) is 0.658. The molecule has 5 aliphatic rings. The van der Waals surface area contributed by atoms with Gasteiger partial charge in [0, 0.05) is 17.9 Å². The van der Waals surface area contributed by atoms with E-state index in [1.165, 1.54) is 10.4 Å². The first-order chi connectivity index (χ1) is 20.3. The number of rotatable bonds is 4. The lowest BCUT2D eigenvalue weighted by molar-refractivity contribution is -0.185. The zero-order valence-corrected chi connectivity index (χ0v) is 28.4. The number of carbonyl (C=O) groups is 1. The fourth-order valence-corrected chi connectivity index (χ4v) is 15.7. The minimum absolute atomic E-state index is 0.0462. The molecule has 0 bridgehead atoms. The van der Waals surface area contributed by atoms with E-state index in [1.807, 2.05) is 0 Å². The van der Waals surface area contributed by atoms with Crippen LogP contribution < -0.4 is 10.4 Å². The summed E-state index contributed by atoms with van der Waals surface area (Å²) in [5.74, 6) is 1.63. The summed E-state index contributed by atoms with van der Waals surface area (Å²) in [6.45, 7) is 16.2. The molecule has 1 saturated heterocycles. The van der Waals surface area contributed by atoms with E-state index in [0.29, 0.717) is 29.5 Å². The standard InChI is InChI=1S/C38H52O4Si/c1-35(2,3)43(26-14-10-8-11-15-26,27-16-12-9-13-17-27)42-25-20-22-37(6)29-21-23-38(7)28(18-19-31(38)39)32(29)34-33(30(37)24-25)40-36(4,5)41-34/h8-17,25,28-30,32-34H,18-24H2,1-7H3/t25-,28-,29-,30+,32?,33+,34+,37+,38-/m0/s1. The number of Topliss-reactive ketones (excluding diaryl/α,β-unsaturated/α-hetero) is 1. The van der Waals surface area contributed by atoms with Gasteiger partial charge in [-0.1, -0.05) is 95.3 Å². The molecule has 4 nitrogen and oxygen atoms in total. The van der Waals surface area contributed by atoms with Gasteiger partial charge in [-0.15, -0.1) is 0 Å². The Morgan fingerprint density at radius 3 is 1.98 bits per heavy atom. The molecule has 2 aromatic rings. The third-order valence-electron chi connectivity index (χ3n) is 13.0. The van der Waals surface area contributed by atoms with Crippen molar-refractivity contribution in [3.05, 3.63) is 60.7 Å². The second-order valence-electron chi connectivity index (χ2n) is 16.6. The summed E-state index contributed by atoms with van der Waals surface area (Å²) < 4.78 is 21.5. The van der Waals surface area contributed by atoms with Crippen molar-refractivity contribution in [3.8, 4) is 0 Å². The van der Waals surface area contributed by atoms with Crippen LogP contribution in [0.3, 0.4) is 0 Å². The number of carbonyl (C=O) groups excluding carboxylic acids is 1. The van der Waals surface area contributed by atoms with E-state index in [-0.39, 0.29) is 34.2 Å². The van der Waals surface area contributed by atoms with Gasteiger partial charge in [-0.3, -0.25) is 4.79 Å². The largest absolute Gasteiger partial charge is 0.404 e. The summed E-state index contributed by atoms with van der Waals surface area (Å²) in [6, 6.07) is 22.2. The van der Waals surface area contributed by atoms with Crippen molar-refractivity contribution in [1.82, 2.24) is 0 Å². The highest BCUT2D eigenvalue weighted by atomic mass is 28.4. The Labute approximate surface area is 260 Å². The molecular formula is C38H52O4Si. The Balaban J connectivity index is 1.27. The maximum Gasteiger partial charge on any atom is 0.261 e. The van der Waals surface area contributed by atoms with E-state index < -0.39 is 14.1 Å². The summed E-state index contributed by atoms with van der Waals surface area (Å²) in [5.41, 5.74) is -0.0253. The molecule has 43 heavy (non-hydrogen) atoms. The van der Waals surface area contributed by atoms with Gasteiger partial charge in [0.1, 0.15) is 5.78 Å². The molecule has 0 aromatic heterocycles. The third-order valence-corrected chi connectivity index (χ3v) is 18.0. The number of ketones is 1. The number of fused-ring (bicyclic) bond motifs is 8. The molecular weight excluding hydrogens is 549 g/mol. The Kier molecular flexibility index (Phi) is 7.02. The molecule has 2 aromatic carbocycles. The highest BCUT2D eigenvalue weighted by Gasteiger charge is 2.69. The zero-order chi connectivity index (χ0) is 30.4. The van der Waals surface area contributed by atoms with Crippen molar-refractivity contribution in [1.29, 1.82) is 0 Å². The van der Waals surface area contributed by atoms with E-state index in [1.54, 1.807) is 0 Å². The molecule has 232 valence electrons. The van der Waals surface area contributed by atoms with Gasteiger partial charge in [0.15, 0.2) is 5.79 Å². The monoisotopic (exact) mass is 600 g/mol. The third kappa shape index (κ3) is 4.42. The van der Waals surface area contributed by atoms with Crippen LogP contribution in [0.2, 0.25) is 5.04 Å².